The van der Waals surface area contributed by atoms with Crippen molar-refractivity contribution >= 4 is 34.9 Å². The molecule has 0 saturated carbocycles. The second kappa shape index (κ2) is 10.7. The normalized spacial score (nSPS) is 11.1. The van der Waals surface area contributed by atoms with Crippen LogP contribution in [0.15, 0.2) is 59.5 Å². The Labute approximate surface area is 208 Å². The first kappa shape index (κ1) is 26.6. The first-order chi connectivity index (χ1) is 16.9. The van der Waals surface area contributed by atoms with Crippen LogP contribution in [0.1, 0.15) is 34.1 Å². The number of aromatic carboxylic acids is 1. The summed E-state index contributed by atoms with van der Waals surface area (Å²) in [4.78, 5) is 48.7. The number of ether oxygens (including phenoxy) is 1. The van der Waals surface area contributed by atoms with Gasteiger partial charge in [0.05, 0.1) is 11.8 Å². The van der Waals surface area contributed by atoms with E-state index in [-0.39, 0.29) is 45.2 Å². The van der Waals surface area contributed by atoms with Crippen LogP contribution in [0.5, 0.6) is 5.75 Å². The van der Waals surface area contributed by atoms with Gasteiger partial charge in [0.25, 0.3) is 5.56 Å². The SMILES string of the molecule is CCC(=O)c1ccc(Cl)cc1-c1cc(=O)n(CC(=O)Nc2ccc(C(=O)O)cc2)cc1OC(O)(O)O. The van der Waals surface area contributed by atoms with Gasteiger partial charge < -0.3 is 35.0 Å². The van der Waals surface area contributed by atoms with Crippen molar-refractivity contribution in [2.45, 2.75) is 26.0 Å². The van der Waals surface area contributed by atoms with Gasteiger partial charge in [0.2, 0.25) is 5.91 Å². The molecule has 3 aromatic rings. The maximum absolute atomic E-state index is 12.8. The smallest absolute Gasteiger partial charge is 0.453 e. The number of carboxylic acids is 1. The number of hydrogen-bond donors (Lipinski definition) is 5. The molecule has 0 unspecified atom stereocenters. The molecule has 0 saturated heterocycles. The Kier molecular flexibility index (Phi) is 7.90. The predicted octanol–water partition coefficient (Wildman–Crippen LogP) is 2.07. The van der Waals surface area contributed by atoms with E-state index >= 15 is 0 Å². The topological polar surface area (TPSA) is 175 Å². The molecule has 2 aromatic carbocycles. The Morgan fingerprint density at radius 2 is 1.69 bits per heavy atom. The van der Waals surface area contributed by atoms with Crippen molar-refractivity contribution in [2.24, 2.45) is 0 Å². The monoisotopic (exact) mass is 516 g/mol. The zero-order valence-corrected chi connectivity index (χ0v) is 19.5. The fourth-order valence-corrected chi connectivity index (χ4v) is 3.51. The molecule has 0 aliphatic carbocycles. The second-order valence-electron chi connectivity index (χ2n) is 7.59. The average Bonchev–Trinajstić information content (AvgIpc) is 2.79. The Bertz CT molecular complexity index is 1380. The summed E-state index contributed by atoms with van der Waals surface area (Å²) in [6.07, 6.45) is -2.55. The van der Waals surface area contributed by atoms with E-state index in [0.29, 0.717) is 0 Å². The van der Waals surface area contributed by atoms with E-state index in [1.54, 1.807) is 6.92 Å². The van der Waals surface area contributed by atoms with Gasteiger partial charge >= 0.3 is 12.1 Å². The molecule has 12 heteroatoms. The Balaban J connectivity index is 2.00. The molecule has 11 nitrogen and oxygen atoms in total. The number of ketones is 1. The third-order valence-electron chi connectivity index (χ3n) is 4.96. The Morgan fingerprint density at radius 1 is 1.03 bits per heavy atom. The molecule has 0 spiro atoms. The number of nitrogens with zero attached hydrogens (tertiary/aromatic N) is 1. The summed E-state index contributed by atoms with van der Waals surface area (Å²) in [7, 11) is 0. The summed E-state index contributed by atoms with van der Waals surface area (Å²) in [5, 5.41) is 39.9. The largest absolute Gasteiger partial charge is 0.478 e. The quantitative estimate of drug-likeness (QED) is 0.210. The number of carboxylic acid groups (broad SMARTS) is 1. The zero-order valence-electron chi connectivity index (χ0n) is 18.8. The first-order valence-corrected chi connectivity index (χ1v) is 10.8. The van der Waals surface area contributed by atoms with Crippen molar-refractivity contribution < 1.29 is 39.5 Å². The summed E-state index contributed by atoms with van der Waals surface area (Å²) < 4.78 is 5.66. The van der Waals surface area contributed by atoms with E-state index in [4.69, 9.17) is 21.4 Å². The van der Waals surface area contributed by atoms with E-state index in [1.165, 1.54) is 42.5 Å². The average molecular weight is 517 g/mol. The van der Waals surface area contributed by atoms with Gasteiger partial charge in [0.15, 0.2) is 11.5 Å². The fourth-order valence-electron chi connectivity index (χ4n) is 3.34. The number of nitrogens with one attached hydrogen (secondary N) is 1. The maximum atomic E-state index is 12.8. The standard InChI is InChI=1S/C24H21ClN2O9/c1-2-19(28)16-8-5-14(25)9-17(16)18-10-22(30)27(11-20(18)36-24(33,34)35)12-21(29)26-15-6-3-13(4-7-15)23(31)32/h3-11,33-35H,2,12H2,1H3,(H,26,29)(H,31,32). The minimum Gasteiger partial charge on any atom is -0.478 e. The van der Waals surface area contributed by atoms with Crippen LogP contribution in [0.25, 0.3) is 11.1 Å². The molecule has 3 rings (SSSR count). The number of amides is 1. The second-order valence-corrected chi connectivity index (χ2v) is 8.03. The highest BCUT2D eigenvalue weighted by molar-refractivity contribution is 6.31. The van der Waals surface area contributed by atoms with E-state index in [9.17, 15) is 34.5 Å². The van der Waals surface area contributed by atoms with E-state index in [2.05, 4.69) is 5.32 Å². The molecule has 0 atom stereocenters. The number of aromatic nitrogens is 1. The van der Waals surface area contributed by atoms with Crippen LogP contribution in [0, 0.1) is 0 Å². The minimum absolute atomic E-state index is 0.0176. The Hall–Kier alpha value is -4.03. The van der Waals surface area contributed by atoms with Crippen LogP contribution in [0.4, 0.5) is 5.69 Å². The minimum atomic E-state index is -3.64. The number of rotatable bonds is 9. The lowest BCUT2D eigenvalue weighted by Gasteiger charge is -2.20. The van der Waals surface area contributed by atoms with Crippen molar-refractivity contribution in [1.29, 1.82) is 0 Å². The highest BCUT2D eigenvalue weighted by atomic mass is 35.5. The van der Waals surface area contributed by atoms with Gasteiger partial charge in [0.1, 0.15) is 6.54 Å². The van der Waals surface area contributed by atoms with E-state index in [1.807, 2.05) is 0 Å². The Morgan fingerprint density at radius 3 is 2.28 bits per heavy atom. The summed E-state index contributed by atoms with van der Waals surface area (Å²) in [5.41, 5.74) is -0.201. The number of benzene rings is 2. The molecule has 188 valence electrons. The predicted molar refractivity (Wildman–Crippen MR) is 128 cm³/mol. The third-order valence-corrected chi connectivity index (χ3v) is 5.19. The van der Waals surface area contributed by atoms with Gasteiger partial charge in [-0.25, -0.2) is 4.79 Å². The molecule has 1 amide bonds. The summed E-state index contributed by atoms with van der Waals surface area (Å²) in [5.74, 6) is -2.54. The highest BCUT2D eigenvalue weighted by Gasteiger charge is 2.26. The van der Waals surface area contributed by atoms with Crippen LogP contribution in [-0.2, 0) is 11.3 Å². The van der Waals surface area contributed by atoms with Crippen molar-refractivity contribution in [3.63, 3.8) is 0 Å². The van der Waals surface area contributed by atoms with Gasteiger partial charge in [-0.3, -0.25) is 14.4 Å². The van der Waals surface area contributed by atoms with E-state index in [0.717, 1.165) is 16.8 Å². The molecular weight excluding hydrogens is 496 g/mol. The maximum Gasteiger partial charge on any atom is 0.453 e. The number of hydrogen-bond acceptors (Lipinski definition) is 8. The van der Waals surface area contributed by atoms with Crippen molar-refractivity contribution in [3.05, 3.63) is 81.2 Å². The molecular formula is C24H21ClN2O9. The van der Waals surface area contributed by atoms with Crippen LogP contribution in [-0.4, -0.2) is 48.8 Å². The van der Waals surface area contributed by atoms with Gasteiger partial charge in [-0.15, -0.1) is 0 Å². The van der Waals surface area contributed by atoms with Gasteiger partial charge in [-0.1, -0.05) is 18.5 Å². The summed E-state index contributed by atoms with van der Waals surface area (Å²) in [6, 6.07) is 10.6. The molecule has 5 N–H and O–H groups in total. The summed E-state index contributed by atoms with van der Waals surface area (Å²) in [6.45, 7) is 1.08. The zero-order chi connectivity index (χ0) is 26.6. The van der Waals surface area contributed by atoms with Crippen LogP contribution in [0.3, 0.4) is 0 Å². The molecule has 36 heavy (non-hydrogen) atoms. The molecule has 0 aliphatic rings. The number of pyridine rings is 1. The fraction of sp³-hybridized carbons (Fsp3) is 0.167. The molecule has 1 heterocycles. The van der Waals surface area contributed by atoms with E-state index < -0.39 is 35.9 Å². The first-order valence-electron chi connectivity index (χ1n) is 10.4. The summed E-state index contributed by atoms with van der Waals surface area (Å²) >= 11 is 6.07. The number of carbonyl (C=O) groups excluding carboxylic acids is 2. The van der Waals surface area contributed by atoms with Crippen LogP contribution in [0.2, 0.25) is 5.02 Å². The lowest BCUT2D eigenvalue weighted by molar-refractivity contribution is -0.419. The molecule has 0 bridgehead atoms. The van der Waals surface area contributed by atoms with Crippen LogP contribution < -0.4 is 15.6 Å². The lowest BCUT2D eigenvalue weighted by atomic mass is 9.96. The number of Topliss-reactive ketones (excluding diaryl/α,β-unsaturated/α-hetero) is 1. The van der Waals surface area contributed by atoms with Gasteiger partial charge in [0, 0.05) is 34.3 Å². The van der Waals surface area contributed by atoms with Crippen LogP contribution >= 0.6 is 11.6 Å². The molecule has 0 fully saturated rings. The number of aliphatic hydroxyl groups is 3. The van der Waals surface area contributed by atoms with Crippen molar-refractivity contribution in [1.82, 2.24) is 4.57 Å². The molecule has 0 aliphatic heterocycles. The third kappa shape index (κ3) is 6.55. The number of carbonyl (C=O) groups is 3. The van der Waals surface area contributed by atoms with Gasteiger partial charge in [-0.2, -0.15) is 0 Å². The lowest BCUT2D eigenvalue weighted by Crippen LogP contribution is -2.36. The van der Waals surface area contributed by atoms with Crippen molar-refractivity contribution in [3.8, 4) is 16.9 Å². The van der Waals surface area contributed by atoms with Gasteiger partial charge in [-0.05, 0) is 48.0 Å². The number of halogens is 1. The molecule has 1 aromatic heterocycles. The van der Waals surface area contributed by atoms with Crippen molar-refractivity contribution in [2.75, 3.05) is 5.32 Å². The number of anilines is 1. The molecule has 0 radical (unpaired) electrons. The highest BCUT2D eigenvalue weighted by Crippen LogP contribution is 2.35.